The van der Waals surface area contributed by atoms with Crippen LogP contribution in [0.2, 0.25) is 0 Å². The third-order valence-electron chi connectivity index (χ3n) is 3.61. The predicted molar refractivity (Wildman–Crippen MR) is 82.0 cm³/mol. The molecule has 1 fully saturated rings. The molecule has 2 aliphatic rings. The van der Waals surface area contributed by atoms with E-state index in [1.807, 2.05) is 0 Å². The van der Waals surface area contributed by atoms with Crippen LogP contribution >= 0.6 is 11.8 Å². The van der Waals surface area contributed by atoms with E-state index in [0.29, 0.717) is 11.3 Å². The number of carbonyl (C=O) groups is 2. The van der Waals surface area contributed by atoms with E-state index in [-0.39, 0.29) is 29.3 Å². The van der Waals surface area contributed by atoms with Gasteiger partial charge < -0.3 is 10.5 Å². The molecule has 0 saturated carbocycles. The molecular weight excluding hydrogens is 322 g/mol. The zero-order valence-corrected chi connectivity index (χ0v) is 12.7. The number of amides is 1. The molecule has 0 radical (unpaired) electrons. The number of thioether (sulfide) groups is 1. The average molecular weight is 335 g/mol. The van der Waals surface area contributed by atoms with Gasteiger partial charge in [-0.25, -0.2) is 4.79 Å². The van der Waals surface area contributed by atoms with E-state index in [1.54, 1.807) is 6.08 Å². The van der Waals surface area contributed by atoms with Crippen LogP contribution in [0.15, 0.2) is 36.0 Å². The fourth-order valence-corrected chi connectivity index (χ4v) is 3.50. The monoisotopic (exact) mass is 335 g/mol. The minimum absolute atomic E-state index is 0.0277. The number of ether oxygens (including phenoxy) is 1. The van der Waals surface area contributed by atoms with E-state index < -0.39 is 16.9 Å². The third-order valence-corrected chi connectivity index (χ3v) is 4.82. The Bertz CT molecular complexity index is 703. The molecule has 2 N–H and O–H groups in total. The number of nitrogens with two attached hydrogens (primary N) is 1. The van der Waals surface area contributed by atoms with Gasteiger partial charge in [-0.1, -0.05) is 0 Å². The molecule has 1 saturated heterocycles. The second kappa shape index (κ2) is 6.01. The van der Waals surface area contributed by atoms with E-state index in [4.69, 9.17) is 10.5 Å². The molecule has 1 aromatic rings. The minimum Gasteiger partial charge on any atom is -0.456 e. The van der Waals surface area contributed by atoms with Gasteiger partial charge in [-0.05, 0) is 23.8 Å². The molecule has 0 aliphatic carbocycles. The maximum atomic E-state index is 12.1. The van der Waals surface area contributed by atoms with E-state index >= 15 is 0 Å². The summed E-state index contributed by atoms with van der Waals surface area (Å²) in [5.41, 5.74) is 6.50. The number of nitro benzene ring substituents is 1. The Morgan fingerprint density at radius 2 is 2.13 bits per heavy atom. The highest BCUT2D eigenvalue weighted by Crippen LogP contribution is 2.36. The lowest BCUT2D eigenvalue weighted by Gasteiger charge is -2.46. The van der Waals surface area contributed by atoms with E-state index in [0.717, 1.165) is 0 Å². The second-order valence-electron chi connectivity index (χ2n) is 5.05. The summed E-state index contributed by atoms with van der Waals surface area (Å²) >= 11 is 1.50. The Morgan fingerprint density at radius 3 is 2.78 bits per heavy atom. The van der Waals surface area contributed by atoms with Gasteiger partial charge in [-0.3, -0.25) is 19.8 Å². The van der Waals surface area contributed by atoms with Gasteiger partial charge in [0.2, 0.25) is 5.91 Å². The summed E-state index contributed by atoms with van der Waals surface area (Å²) in [5.74, 6) is -0.306. The Balaban J connectivity index is 1.62. The zero-order chi connectivity index (χ0) is 16.6. The molecule has 2 aliphatic heterocycles. The lowest BCUT2D eigenvalue weighted by molar-refractivity contribution is -0.384. The fourth-order valence-electron chi connectivity index (χ4n) is 2.36. The van der Waals surface area contributed by atoms with Gasteiger partial charge in [0.15, 0.2) is 0 Å². The van der Waals surface area contributed by atoms with Gasteiger partial charge in [-0.2, -0.15) is 0 Å². The van der Waals surface area contributed by atoms with Crippen molar-refractivity contribution in [1.82, 2.24) is 4.90 Å². The molecule has 0 spiro atoms. The van der Waals surface area contributed by atoms with Crippen molar-refractivity contribution in [3.63, 3.8) is 0 Å². The zero-order valence-electron chi connectivity index (χ0n) is 11.9. The molecule has 3 rings (SSSR count). The molecule has 23 heavy (non-hydrogen) atoms. The van der Waals surface area contributed by atoms with Crippen LogP contribution in [0.4, 0.5) is 5.69 Å². The van der Waals surface area contributed by atoms with E-state index in [1.165, 1.54) is 40.9 Å². The highest BCUT2D eigenvalue weighted by molar-refractivity contribution is 8.00. The number of rotatable bonds is 4. The molecule has 120 valence electrons. The van der Waals surface area contributed by atoms with Crippen LogP contribution in [-0.4, -0.2) is 38.9 Å². The Morgan fingerprint density at radius 1 is 1.43 bits per heavy atom. The predicted octanol–water partition coefficient (Wildman–Crippen LogP) is 0.764. The smallest absolute Gasteiger partial charge is 0.355 e. The third kappa shape index (κ3) is 2.80. The van der Waals surface area contributed by atoms with Crippen LogP contribution in [0.25, 0.3) is 0 Å². The number of carbonyl (C=O) groups excluding carboxylic acids is 2. The van der Waals surface area contributed by atoms with Gasteiger partial charge in [0, 0.05) is 17.9 Å². The summed E-state index contributed by atoms with van der Waals surface area (Å²) in [6, 6.07) is 5.14. The number of benzene rings is 1. The first kappa shape index (κ1) is 15.5. The van der Waals surface area contributed by atoms with Crippen molar-refractivity contribution >= 4 is 29.3 Å². The summed E-state index contributed by atoms with van der Waals surface area (Å²) < 4.78 is 5.18. The molecule has 9 heteroatoms. The Hall–Kier alpha value is -2.39. The number of nitrogens with zero attached hydrogens (tertiary/aromatic N) is 2. The van der Waals surface area contributed by atoms with Crippen LogP contribution in [0.5, 0.6) is 0 Å². The number of non-ortho nitro benzene ring substituents is 1. The van der Waals surface area contributed by atoms with Gasteiger partial charge in [0.25, 0.3) is 5.69 Å². The first-order valence-corrected chi connectivity index (χ1v) is 7.85. The van der Waals surface area contributed by atoms with Crippen molar-refractivity contribution in [2.24, 2.45) is 5.73 Å². The van der Waals surface area contributed by atoms with Gasteiger partial charge in [-0.15, -0.1) is 11.8 Å². The first-order chi connectivity index (χ1) is 11.0. The largest absolute Gasteiger partial charge is 0.456 e. The maximum Gasteiger partial charge on any atom is 0.355 e. The van der Waals surface area contributed by atoms with Crippen molar-refractivity contribution < 1.29 is 19.2 Å². The molecule has 1 amide bonds. The van der Waals surface area contributed by atoms with Crippen LogP contribution in [0, 0.1) is 10.1 Å². The van der Waals surface area contributed by atoms with Crippen LogP contribution < -0.4 is 5.73 Å². The Kier molecular flexibility index (Phi) is 4.05. The number of esters is 1. The number of β-lactam (4-membered cyclic amide) rings is 1. The molecular formula is C14H13N3O5S. The summed E-state index contributed by atoms with van der Waals surface area (Å²) in [7, 11) is 0. The number of fused-ring (bicyclic) bond motifs is 1. The lowest BCUT2D eigenvalue weighted by Crippen LogP contribution is -2.68. The SMILES string of the molecule is N[C@@H]1C(=O)N2C(C(=O)OCc3ccc([N+](=O)[O-])cc3)=CCS[C@H]12. The number of hydrogen-bond donors (Lipinski definition) is 1. The van der Waals surface area contributed by atoms with Crippen molar-refractivity contribution in [2.45, 2.75) is 18.0 Å². The second-order valence-corrected chi connectivity index (χ2v) is 6.20. The fraction of sp³-hybridized carbons (Fsp3) is 0.286. The molecule has 0 aromatic heterocycles. The van der Waals surface area contributed by atoms with Crippen molar-refractivity contribution in [2.75, 3.05) is 5.75 Å². The van der Waals surface area contributed by atoms with Crippen LogP contribution in [-0.2, 0) is 20.9 Å². The molecule has 8 nitrogen and oxygen atoms in total. The summed E-state index contributed by atoms with van der Waals surface area (Å²) in [6.45, 7) is -0.0277. The normalized spacial score (nSPS) is 22.7. The molecule has 1 aromatic carbocycles. The Labute approximate surface area is 135 Å². The van der Waals surface area contributed by atoms with Crippen molar-refractivity contribution in [1.29, 1.82) is 0 Å². The maximum absolute atomic E-state index is 12.1. The topological polar surface area (TPSA) is 116 Å². The lowest BCUT2D eigenvalue weighted by atomic mass is 10.1. The molecule has 0 unspecified atom stereocenters. The minimum atomic E-state index is -0.603. The number of nitro groups is 1. The van der Waals surface area contributed by atoms with Crippen LogP contribution in [0.3, 0.4) is 0 Å². The quantitative estimate of drug-likeness (QED) is 0.374. The first-order valence-electron chi connectivity index (χ1n) is 6.80. The average Bonchev–Trinajstić information content (AvgIpc) is 2.58. The molecule has 0 bridgehead atoms. The summed E-state index contributed by atoms with van der Waals surface area (Å²) in [5, 5.41) is 10.4. The van der Waals surface area contributed by atoms with Crippen LogP contribution in [0.1, 0.15) is 5.56 Å². The van der Waals surface area contributed by atoms with Gasteiger partial charge in [0.1, 0.15) is 23.7 Å². The van der Waals surface area contributed by atoms with Gasteiger partial charge in [0.05, 0.1) is 4.92 Å². The van der Waals surface area contributed by atoms with Crippen molar-refractivity contribution in [3.8, 4) is 0 Å². The molecule has 2 atom stereocenters. The van der Waals surface area contributed by atoms with Crippen molar-refractivity contribution in [3.05, 3.63) is 51.7 Å². The number of hydrogen-bond acceptors (Lipinski definition) is 7. The highest BCUT2D eigenvalue weighted by Gasteiger charge is 2.50. The highest BCUT2D eigenvalue weighted by atomic mass is 32.2. The summed E-state index contributed by atoms with van der Waals surface area (Å²) in [6.07, 6.45) is 1.64. The molecule has 2 heterocycles. The van der Waals surface area contributed by atoms with E-state index in [9.17, 15) is 19.7 Å². The standard InChI is InChI=1S/C14H13N3O5S/c15-11-12(18)16-10(5-6-23-13(11)16)14(19)22-7-8-1-3-9(4-2-8)17(20)21/h1-5,11,13H,6-7,15H2/t11-,13-/m1/s1. The summed E-state index contributed by atoms with van der Waals surface area (Å²) in [4.78, 5) is 35.3. The van der Waals surface area contributed by atoms with E-state index in [2.05, 4.69) is 0 Å². The van der Waals surface area contributed by atoms with Gasteiger partial charge >= 0.3 is 5.97 Å².